The second kappa shape index (κ2) is 11.3. The van der Waals surface area contributed by atoms with Crippen LogP contribution in [0.4, 0.5) is 11.4 Å². The van der Waals surface area contributed by atoms with Crippen molar-refractivity contribution in [3.05, 3.63) is 95.6 Å². The molecule has 0 aliphatic carbocycles. The van der Waals surface area contributed by atoms with Gasteiger partial charge in [-0.1, -0.05) is 56.3 Å². The van der Waals surface area contributed by atoms with Crippen molar-refractivity contribution in [2.45, 2.75) is 26.3 Å². The summed E-state index contributed by atoms with van der Waals surface area (Å²) < 4.78 is 0. The molecule has 0 unspecified atom stereocenters. The zero-order chi connectivity index (χ0) is 23.9. The Bertz CT molecular complexity index is 1090. The molecule has 0 bridgehead atoms. The number of piperazine rings is 1. The normalized spacial score (nSPS) is 14.1. The molecule has 3 aromatic carbocycles. The van der Waals surface area contributed by atoms with Gasteiger partial charge in [0.1, 0.15) is 6.54 Å². The van der Waals surface area contributed by atoms with E-state index >= 15 is 0 Å². The number of carbonyl (C=O) groups is 1. The summed E-state index contributed by atoms with van der Waals surface area (Å²) in [5.41, 5.74) is 5.27. The maximum absolute atomic E-state index is 12.5. The van der Waals surface area contributed by atoms with Crippen molar-refractivity contribution < 1.29 is 9.69 Å². The van der Waals surface area contributed by atoms with Gasteiger partial charge in [-0.15, -0.1) is 0 Å². The molecule has 1 aliphatic rings. The van der Waals surface area contributed by atoms with Crippen molar-refractivity contribution in [1.29, 1.82) is 0 Å². The molecule has 0 saturated carbocycles. The third-order valence-corrected chi connectivity index (χ3v) is 6.53. The van der Waals surface area contributed by atoms with Crippen LogP contribution in [0.15, 0.2) is 78.9 Å². The lowest BCUT2D eigenvalue weighted by atomic mass is 10.0. The highest BCUT2D eigenvalue weighted by Gasteiger charge is 2.20. The number of nitrogens with zero attached hydrogens (tertiary/aromatic N) is 1. The highest BCUT2D eigenvalue weighted by Crippen LogP contribution is 2.18. The van der Waals surface area contributed by atoms with Gasteiger partial charge in [0.25, 0.3) is 5.91 Å². The predicted octanol–water partition coefficient (Wildman–Crippen LogP) is 3.84. The van der Waals surface area contributed by atoms with Crippen molar-refractivity contribution in [1.82, 2.24) is 5.32 Å². The molecule has 6 heteroatoms. The Balaban J connectivity index is 1.25. The number of rotatable bonds is 6. The molecule has 176 valence electrons. The Hall–Kier alpha value is -3.22. The summed E-state index contributed by atoms with van der Waals surface area (Å²) in [4.78, 5) is 16.5. The Kier molecular flexibility index (Phi) is 7.93. The molecule has 1 heterocycles. The Morgan fingerprint density at radius 3 is 2.21 bits per heavy atom. The molecule has 3 N–H and O–H groups in total. The maximum atomic E-state index is 12.5. The molecule has 1 fully saturated rings. The first-order valence-corrected chi connectivity index (χ1v) is 12.3. The summed E-state index contributed by atoms with van der Waals surface area (Å²) in [5, 5.41) is 6.17. The fourth-order valence-electron chi connectivity index (χ4n) is 4.26. The zero-order valence-electron chi connectivity index (χ0n) is 19.9. The van der Waals surface area contributed by atoms with Crippen molar-refractivity contribution in [3.8, 4) is 0 Å². The fourth-order valence-corrected chi connectivity index (χ4v) is 4.47. The lowest BCUT2D eigenvalue weighted by Gasteiger charge is -2.33. The average molecular weight is 474 g/mol. The van der Waals surface area contributed by atoms with E-state index in [1.54, 1.807) is 4.90 Å². The predicted molar refractivity (Wildman–Crippen MR) is 144 cm³/mol. The highest BCUT2D eigenvalue weighted by molar-refractivity contribution is 7.80. The van der Waals surface area contributed by atoms with E-state index in [2.05, 4.69) is 71.8 Å². The minimum Gasteiger partial charge on any atom is -0.360 e. The first kappa shape index (κ1) is 23.9. The number of benzene rings is 3. The van der Waals surface area contributed by atoms with E-state index in [9.17, 15) is 4.79 Å². The third-order valence-electron chi connectivity index (χ3n) is 6.32. The van der Waals surface area contributed by atoms with Crippen LogP contribution in [-0.2, 0) is 6.54 Å². The molecule has 0 spiro atoms. The zero-order valence-corrected chi connectivity index (χ0v) is 20.7. The van der Waals surface area contributed by atoms with Gasteiger partial charge in [0.15, 0.2) is 5.11 Å². The van der Waals surface area contributed by atoms with Crippen molar-refractivity contribution in [2.24, 2.45) is 0 Å². The molecule has 0 aromatic heterocycles. The van der Waals surface area contributed by atoms with Gasteiger partial charge < -0.3 is 15.1 Å². The van der Waals surface area contributed by atoms with Crippen molar-refractivity contribution in [2.75, 3.05) is 36.4 Å². The lowest BCUT2D eigenvalue weighted by molar-refractivity contribution is -0.914. The summed E-state index contributed by atoms with van der Waals surface area (Å²) in [6.07, 6.45) is 0. The molecule has 4 rings (SSSR count). The number of nitrogens with one attached hydrogen (secondary N) is 3. The van der Waals surface area contributed by atoms with Gasteiger partial charge in [-0.25, -0.2) is 0 Å². The molecule has 3 aromatic rings. The summed E-state index contributed by atoms with van der Waals surface area (Å²) in [7, 11) is 0. The monoisotopic (exact) mass is 473 g/mol. The lowest BCUT2D eigenvalue weighted by Crippen LogP contribution is -3.13. The smallest absolute Gasteiger partial charge is 0.257 e. The van der Waals surface area contributed by atoms with Gasteiger partial charge in [-0.2, -0.15) is 0 Å². The molecule has 1 amide bonds. The number of carbonyl (C=O) groups excluding carboxylic acids is 1. The van der Waals surface area contributed by atoms with Crippen molar-refractivity contribution >= 4 is 34.6 Å². The van der Waals surface area contributed by atoms with E-state index in [-0.39, 0.29) is 5.91 Å². The SMILES string of the molecule is CC(C)c1ccc(C(=O)NC(=S)Nc2ccc(N3CC[NH+](Cc4ccccc4)CC3)cc2)cc1. The molecular formula is C28H33N4OS+. The largest absolute Gasteiger partial charge is 0.360 e. The summed E-state index contributed by atoms with van der Waals surface area (Å²) >= 11 is 5.35. The standard InChI is InChI=1S/C28H32N4OS/c1-21(2)23-8-10-24(11-9-23)27(33)30-28(34)29-25-12-14-26(15-13-25)32-18-16-31(17-19-32)20-22-6-4-3-5-7-22/h3-15,21H,16-20H2,1-2H3,(H2,29,30,33,34)/p+1. The number of hydrogen-bond donors (Lipinski definition) is 3. The van der Waals surface area contributed by atoms with Gasteiger partial charge in [-0.05, 0) is 60.1 Å². The first-order chi connectivity index (χ1) is 16.5. The van der Waals surface area contributed by atoms with E-state index < -0.39 is 0 Å². The summed E-state index contributed by atoms with van der Waals surface area (Å²) in [6.45, 7) is 9.69. The molecule has 34 heavy (non-hydrogen) atoms. The number of quaternary nitrogens is 1. The second-order valence-corrected chi connectivity index (χ2v) is 9.54. The van der Waals surface area contributed by atoms with Gasteiger partial charge in [0.2, 0.25) is 0 Å². The van der Waals surface area contributed by atoms with E-state index in [0.29, 0.717) is 16.6 Å². The van der Waals surface area contributed by atoms with Gasteiger partial charge in [0, 0.05) is 22.5 Å². The topological polar surface area (TPSA) is 48.8 Å². The van der Waals surface area contributed by atoms with Crippen LogP contribution in [0, 0.1) is 0 Å². The van der Waals surface area contributed by atoms with Crippen LogP contribution in [0.25, 0.3) is 0 Å². The van der Waals surface area contributed by atoms with E-state index in [1.165, 1.54) is 16.8 Å². The number of thiocarbonyl (C=S) groups is 1. The highest BCUT2D eigenvalue weighted by atomic mass is 32.1. The van der Waals surface area contributed by atoms with Gasteiger partial charge in [-0.3, -0.25) is 10.1 Å². The molecular weight excluding hydrogens is 440 g/mol. The minimum absolute atomic E-state index is 0.208. The third kappa shape index (κ3) is 6.43. The second-order valence-electron chi connectivity index (χ2n) is 9.13. The van der Waals surface area contributed by atoms with Crippen LogP contribution >= 0.6 is 12.2 Å². The molecule has 1 saturated heterocycles. The van der Waals surface area contributed by atoms with Crippen LogP contribution in [0.3, 0.4) is 0 Å². The quantitative estimate of drug-likeness (QED) is 0.476. The fraction of sp³-hybridized carbons (Fsp3) is 0.286. The molecule has 5 nitrogen and oxygen atoms in total. The number of anilines is 2. The Labute approximate surface area is 207 Å². The maximum Gasteiger partial charge on any atom is 0.257 e. The first-order valence-electron chi connectivity index (χ1n) is 11.9. The van der Waals surface area contributed by atoms with Crippen LogP contribution in [-0.4, -0.2) is 37.2 Å². The minimum atomic E-state index is -0.208. The van der Waals surface area contributed by atoms with Crippen LogP contribution in [0.1, 0.15) is 41.3 Å². The number of hydrogen-bond acceptors (Lipinski definition) is 3. The number of amides is 1. The van der Waals surface area contributed by atoms with Crippen LogP contribution in [0.2, 0.25) is 0 Å². The Morgan fingerprint density at radius 1 is 0.941 bits per heavy atom. The van der Waals surface area contributed by atoms with Crippen LogP contribution < -0.4 is 20.4 Å². The molecule has 1 aliphatic heterocycles. The van der Waals surface area contributed by atoms with E-state index in [4.69, 9.17) is 12.2 Å². The molecule has 0 radical (unpaired) electrons. The molecule has 0 atom stereocenters. The van der Waals surface area contributed by atoms with Crippen LogP contribution in [0.5, 0.6) is 0 Å². The summed E-state index contributed by atoms with van der Waals surface area (Å²) in [6, 6.07) is 26.6. The van der Waals surface area contributed by atoms with Gasteiger partial charge >= 0.3 is 0 Å². The van der Waals surface area contributed by atoms with E-state index in [0.717, 1.165) is 38.4 Å². The van der Waals surface area contributed by atoms with E-state index in [1.807, 2.05) is 36.4 Å². The summed E-state index contributed by atoms with van der Waals surface area (Å²) in [5.74, 6) is 0.225. The van der Waals surface area contributed by atoms with Gasteiger partial charge in [0.05, 0.1) is 26.2 Å². The average Bonchev–Trinajstić information content (AvgIpc) is 2.85. The van der Waals surface area contributed by atoms with Crippen molar-refractivity contribution in [3.63, 3.8) is 0 Å². The Morgan fingerprint density at radius 2 is 1.59 bits per heavy atom.